The normalized spacial score (nSPS) is 12.5. The molecule has 1 heterocycles. The average molecular weight is 730 g/mol. The van der Waals surface area contributed by atoms with Crippen molar-refractivity contribution in [2.45, 2.75) is 19.3 Å². The summed E-state index contributed by atoms with van der Waals surface area (Å²) in [6, 6.07) is 71.1. The molecular weight excluding hydrogens is 691 g/mol. The zero-order valence-electron chi connectivity index (χ0n) is 31.9. The highest BCUT2D eigenvalue weighted by Gasteiger charge is 2.36. The standard InChI is InChI=1S/C54H39N3/c1-54(2)49-21-13-12-20-45(49)48-34-46(40-28-22-37(23-29-40)36-14-6-3-7-15-36)47(35-50(48)54)41-30-24-38(25-31-41)39-26-32-44(33-27-39)53-56-51(42-16-8-4-9-17-42)55-52(57-53)43-18-10-5-11-19-43/h3-35H,1-2H3. The van der Waals surface area contributed by atoms with Gasteiger partial charge in [-0.25, -0.2) is 15.0 Å². The van der Waals surface area contributed by atoms with Crippen molar-refractivity contribution in [1.29, 1.82) is 0 Å². The Labute approximate surface area is 334 Å². The molecule has 0 spiro atoms. The number of fused-ring (bicyclic) bond motifs is 3. The zero-order valence-corrected chi connectivity index (χ0v) is 31.9. The van der Waals surface area contributed by atoms with Gasteiger partial charge >= 0.3 is 0 Å². The van der Waals surface area contributed by atoms with Gasteiger partial charge in [0.15, 0.2) is 17.5 Å². The Balaban J connectivity index is 1.01. The molecule has 0 N–H and O–H groups in total. The minimum Gasteiger partial charge on any atom is -0.208 e. The molecule has 9 aromatic rings. The Kier molecular flexibility index (Phi) is 8.49. The van der Waals surface area contributed by atoms with Gasteiger partial charge in [-0.15, -0.1) is 0 Å². The molecule has 0 bridgehead atoms. The summed E-state index contributed by atoms with van der Waals surface area (Å²) >= 11 is 0. The molecule has 8 aromatic carbocycles. The summed E-state index contributed by atoms with van der Waals surface area (Å²) in [7, 11) is 0. The molecule has 1 aliphatic rings. The lowest BCUT2D eigenvalue weighted by atomic mass is 9.80. The van der Waals surface area contributed by atoms with Crippen LogP contribution in [0.2, 0.25) is 0 Å². The summed E-state index contributed by atoms with van der Waals surface area (Å²) < 4.78 is 0. The van der Waals surface area contributed by atoms with Crippen LogP contribution in [0, 0.1) is 0 Å². The van der Waals surface area contributed by atoms with Gasteiger partial charge in [-0.1, -0.05) is 202 Å². The van der Waals surface area contributed by atoms with E-state index in [0.717, 1.165) is 27.8 Å². The molecule has 0 fully saturated rings. The first-order valence-electron chi connectivity index (χ1n) is 19.5. The van der Waals surface area contributed by atoms with Gasteiger partial charge in [-0.2, -0.15) is 0 Å². The van der Waals surface area contributed by atoms with Gasteiger partial charge in [0.1, 0.15) is 0 Å². The minimum absolute atomic E-state index is 0.0969. The lowest BCUT2D eigenvalue weighted by Gasteiger charge is -2.23. The maximum Gasteiger partial charge on any atom is 0.164 e. The second kappa shape index (κ2) is 14.1. The van der Waals surface area contributed by atoms with E-state index in [-0.39, 0.29) is 5.41 Å². The molecule has 0 atom stereocenters. The highest BCUT2D eigenvalue weighted by Crippen LogP contribution is 2.52. The van der Waals surface area contributed by atoms with E-state index in [1.165, 1.54) is 55.6 Å². The molecular formula is C54H39N3. The van der Waals surface area contributed by atoms with Crippen LogP contribution in [0.4, 0.5) is 0 Å². The SMILES string of the molecule is CC1(C)c2ccccc2-c2cc(-c3ccc(-c4ccccc4)cc3)c(-c3ccc(-c4ccc(-c5nc(-c6ccccc6)nc(-c6ccccc6)n5)cc4)cc3)cc21. The molecule has 1 aliphatic carbocycles. The van der Waals surface area contributed by atoms with Gasteiger partial charge in [-0.3, -0.25) is 0 Å². The fraction of sp³-hybridized carbons (Fsp3) is 0.0556. The second-order valence-corrected chi connectivity index (χ2v) is 15.3. The van der Waals surface area contributed by atoms with E-state index in [2.05, 4.69) is 153 Å². The van der Waals surface area contributed by atoms with Gasteiger partial charge in [0.2, 0.25) is 0 Å². The fourth-order valence-corrected chi connectivity index (χ4v) is 8.29. The molecule has 0 saturated carbocycles. The Morgan fingerprint density at radius 1 is 0.263 bits per heavy atom. The zero-order chi connectivity index (χ0) is 38.3. The molecule has 0 radical (unpaired) electrons. The van der Waals surface area contributed by atoms with E-state index in [9.17, 15) is 0 Å². The van der Waals surface area contributed by atoms with E-state index in [1.54, 1.807) is 0 Å². The van der Waals surface area contributed by atoms with E-state index in [0.29, 0.717) is 17.5 Å². The van der Waals surface area contributed by atoms with Crippen molar-refractivity contribution in [1.82, 2.24) is 15.0 Å². The van der Waals surface area contributed by atoms with Crippen molar-refractivity contribution in [3.05, 3.63) is 211 Å². The van der Waals surface area contributed by atoms with Crippen LogP contribution in [0.5, 0.6) is 0 Å². The van der Waals surface area contributed by atoms with Crippen LogP contribution < -0.4 is 0 Å². The number of nitrogens with zero attached hydrogens (tertiary/aromatic N) is 3. The summed E-state index contributed by atoms with van der Waals surface area (Å²) in [6.07, 6.45) is 0. The van der Waals surface area contributed by atoms with Gasteiger partial charge < -0.3 is 0 Å². The summed E-state index contributed by atoms with van der Waals surface area (Å²) in [6.45, 7) is 4.70. The van der Waals surface area contributed by atoms with E-state index >= 15 is 0 Å². The largest absolute Gasteiger partial charge is 0.208 e. The Morgan fingerprint density at radius 3 is 1.07 bits per heavy atom. The van der Waals surface area contributed by atoms with Crippen LogP contribution in [0.3, 0.4) is 0 Å². The smallest absolute Gasteiger partial charge is 0.164 e. The first-order chi connectivity index (χ1) is 28.0. The van der Waals surface area contributed by atoms with Gasteiger partial charge in [0.05, 0.1) is 0 Å². The maximum atomic E-state index is 4.93. The summed E-state index contributed by atoms with van der Waals surface area (Å²) in [5.41, 5.74) is 17.8. The van der Waals surface area contributed by atoms with Crippen LogP contribution in [-0.2, 0) is 5.41 Å². The molecule has 1 aromatic heterocycles. The second-order valence-electron chi connectivity index (χ2n) is 15.3. The number of hydrogen-bond donors (Lipinski definition) is 0. The van der Waals surface area contributed by atoms with Crippen LogP contribution >= 0.6 is 0 Å². The van der Waals surface area contributed by atoms with Gasteiger partial charge in [-0.05, 0) is 78.9 Å². The molecule has 57 heavy (non-hydrogen) atoms. The Hall–Kier alpha value is -7.23. The maximum absolute atomic E-state index is 4.93. The molecule has 3 heteroatoms. The lowest BCUT2D eigenvalue weighted by Crippen LogP contribution is -2.15. The van der Waals surface area contributed by atoms with E-state index in [1.807, 2.05) is 60.7 Å². The van der Waals surface area contributed by atoms with Gasteiger partial charge in [0.25, 0.3) is 0 Å². The van der Waals surface area contributed by atoms with Crippen molar-refractivity contribution >= 4 is 0 Å². The Bertz CT molecular complexity index is 2800. The third-order valence-electron chi connectivity index (χ3n) is 11.4. The minimum atomic E-state index is -0.0969. The fourth-order valence-electron chi connectivity index (χ4n) is 8.29. The predicted molar refractivity (Wildman–Crippen MR) is 235 cm³/mol. The summed E-state index contributed by atoms with van der Waals surface area (Å²) in [5.74, 6) is 1.96. The first kappa shape index (κ1) is 34.3. The summed E-state index contributed by atoms with van der Waals surface area (Å²) in [5, 5.41) is 0. The molecule has 270 valence electrons. The van der Waals surface area contributed by atoms with Crippen LogP contribution in [0.15, 0.2) is 200 Å². The van der Waals surface area contributed by atoms with Crippen molar-refractivity contribution < 1.29 is 0 Å². The molecule has 0 unspecified atom stereocenters. The van der Waals surface area contributed by atoms with Crippen molar-refractivity contribution in [2.24, 2.45) is 0 Å². The predicted octanol–water partition coefficient (Wildman–Crippen LogP) is 13.8. The molecule has 10 rings (SSSR count). The average Bonchev–Trinajstić information content (AvgIpc) is 3.51. The van der Waals surface area contributed by atoms with E-state index in [4.69, 9.17) is 15.0 Å². The third kappa shape index (κ3) is 6.33. The molecule has 0 aliphatic heterocycles. The first-order valence-corrected chi connectivity index (χ1v) is 19.5. The lowest BCUT2D eigenvalue weighted by molar-refractivity contribution is 0.660. The number of aromatic nitrogens is 3. The Morgan fingerprint density at radius 2 is 0.596 bits per heavy atom. The topological polar surface area (TPSA) is 38.7 Å². The van der Waals surface area contributed by atoms with Gasteiger partial charge in [0, 0.05) is 22.1 Å². The number of benzene rings is 8. The quantitative estimate of drug-likeness (QED) is 0.164. The summed E-state index contributed by atoms with van der Waals surface area (Å²) in [4.78, 5) is 14.7. The highest BCUT2D eigenvalue weighted by molar-refractivity contribution is 5.93. The number of rotatable bonds is 7. The van der Waals surface area contributed by atoms with Crippen molar-refractivity contribution in [3.8, 4) is 89.8 Å². The highest BCUT2D eigenvalue weighted by atomic mass is 15.0. The molecule has 0 amide bonds. The van der Waals surface area contributed by atoms with Crippen LogP contribution in [0.1, 0.15) is 25.0 Å². The molecule has 3 nitrogen and oxygen atoms in total. The molecule has 0 saturated heterocycles. The monoisotopic (exact) mass is 729 g/mol. The van der Waals surface area contributed by atoms with Crippen LogP contribution in [0.25, 0.3) is 89.8 Å². The third-order valence-corrected chi connectivity index (χ3v) is 11.4. The number of hydrogen-bond acceptors (Lipinski definition) is 3. The van der Waals surface area contributed by atoms with Crippen molar-refractivity contribution in [3.63, 3.8) is 0 Å². The van der Waals surface area contributed by atoms with E-state index < -0.39 is 0 Å². The van der Waals surface area contributed by atoms with Crippen LogP contribution in [-0.4, -0.2) is 15.0 Å². The van der Waals surface area contributed by atoms with Crippen molar-refractivity contribution in [2.75, 3.05) is 0 Å².